The first-order valence-corrected chi connectivity index (χ1v) is 6.85. The van der Waals surface area contributed by atoms with E-state index < -0.39 is 0 Å². The molecule has 0 aromatic carbocycles. The molecule has 4 nitrogen and oxygen atoms in total. The van der Waals surface area contributed by atoms with E-state index >= 15 is 0 Å². The normalized spacial score (nSPS) is 27.7. The summed E-state index contributed by atoms with van der Waals surface area (Å²) in [5, 5.41) is 8.97. The molecule has 0 spiro atoms. The molecule has 2 fully saturated rings. The van der Waals surface area contributed by atoms with Crippen LogP contribution in [-0.4, -0.2) is 41.9 Å². The van der Waals surface area contributed by atoms with Gasteiger partial charge in [-0.25, -0.2) is 4.79 Å². The molecular formula is C13H23NO3. The van der Waals surface area contributed by atoms with Crippen LogP contribution in [0.2, 0.25) is 0 Å². The molecule has 17 heavy (non-hydrogen) atoms. The van der Waals surface area contributed by atoms with E-state index in [0.717, 1.165) is 25.8 Å². The third kappa shape index (κ3) is 3.35. The maximum atomic E-state index is 11.8. The lowest BCUT2D eigenvalue weighted by Gasteiger charge is -2.37. The number of aliphatic hydroxyl groups is 1. The van der Waals surface area contributed by atoms with Crippen molar-refractivity contribution in [3.8, 4) is 0 Å². The van der Waals surface area contributed by atoms with Crippen LogP contribution in [0.25, 0.3) is 0 Å². The minimum atomic E-state index is -0.147. The molecule has 1 saturated carbocycles. The minimum Gasteiger partial charge on any atom is -0.449 e. The fourth-order valence-corrected chi connectivity index (χ4v) is 2.90. The van der Waals surface area contributed by atoms with Gasteiger partial charge in [0.15, 0.2) is 0 Å². The molecule has 1 aliphatic heterocycles. The van der Waals surface area contributed by atoms with Crippen LogP contribution < -0.4 is 0 Å². The number of rotatable bonds is 3. The maximum absolute atomic E-state index is 11.8. The summed E-state index contributed by atoms with van der Waals surface area (Å²) in [5.41, 5.74) is 0. The fraction of sp³-hybridized carbons (Fsp3) is 0.923. The molecular weight excluding hydrogens is 218 g/mol. The summed E-state index contributed by atoms with van der Waals surface area (Å²) in [5.74, 6) is 0.306. The predicted molar refractivity (Wildman–Crippen MR) is 64.7 cm³/mol. The molecule has 1 saturated heterocycles. The van der Waals surface area contributed by atoms with Crippen LogP contribution in [0, 0.1) is 5.92 Å². The number of nitrogens with zero attached hydrogens (tertiary/aromatic N) is 1. The number of carbonyl (C=O) groups is 1. The Labute approximate surface area is 103 Å². The van der Waals surface area contributed by atoms with Gasteiger partial charge in [0, 0.05) is 25.1 Å². The van der Waals surface area contributed by atoms with E-state index in [0.29, 0.717) is 18.6 Å². The number of cyclic esters (lactones) is 1. The van der Waals surface area contributed by atoms with Gasteiger partial charge >= 0.3 is 6.09 Å². The standard InChI is InChI=1S/C13H23NO3/c15-8-7-11-9-14(13(16)17-10-11)12-5-3-1-2-4-6-12/h11-12,15H,1-10H2. The lowest BCUT2D eigenvalue weighted by atomic mass is 10.0. The quantitative estimate of drug-likeness (QED) is 0.770. The summed E-state index contributed by atoms with van der Waals surface area (Å²) in [7, 11) is 0. The molecule has 4 heteroatoms. The van der Waals surface area contributed by atoms with Crippen molar-refractivity contribution in [1.29, 1.82) is 0 Å². The van der Waals surface area contributed by atoms with Crippen molar-refractivity contribution in [2.45, 2.75) is 51.0 Å². The second-order valence-corrected chi connectivity index (χ2v) is 5.25. The average Bonchev–Trinajstić information content (AvgIpc) is 2.60. The molecule has 1 heterocycles. The Bertz CT molecular complexity index is 249. The van der Waals surface area contributed by atoms with Crippen molar-refractivity contribution in [2.24, 2.45) is 5.92 Å². The number of hydrogen-bond donors (Lipinski definition) is 1. The number of hydrogen-bond acceptors (Lipinski definition) is 3. The zero-order valence-corrected chi connectivity index (χ0v) is 10.4. The average molecular weight is 241 g/mol. The molecule has 0 aromatic heterocycles. The van der Waals surface area contributed by atoms with Gasteiger partial charge in [0.1, 0.15) is 0 Å². The molecule has 2 rings (SSSR count). The van der Waals surface area contributed by atoms with E-state index in [-0.39, 0.29) is 12.7 Å². The van der Waals surface area contributed by atoms with Gasteiger partial charge in [-0.1, -0.05) is 25.7 Å². The highest BCUT2D eigenvalue weighted by Gasteiger charge is 2.32. The van der Waals surface area contributed by atoms with Crippen molar-refractivity contribution < 1.29 is 14.6 Å². The van der Waals surface area contributed by atoms with Crippen LogP contribution in [0.3, 0.4) is 0 Å². The Hall–Kier alpha value is -0.770. The topological polar surface area (TPSA) is 49.8 Å². The smallest absolute Gasteiger partial charge is 0.410 e. The van der Waals surface area contributed by atoms with Crippen LogP contribution in [0.15, 0.2) is 0 Å². The van der Waals surface area contributed by atoms with Crippen LogP contribution in [-0.2, 0) is 4.74 Å². The lowest BCUT2D eigenvalue weighted by molar-refractivity contribution is 0.0169. The molecule has 0 bridgehead atoms. The molecule has 1 aliphatic carbocycles. The van der Waals surface area contributed by atoms with E-state index in [1.807, 2.05) is 4.90 Å². The summed E-state index contributed by atoms with van der Waals surface area (Å²) >= 11 is 0. The maximum Gasteiger partial charge on any atom is 0.410 e. The number of amides is 1. The summed E-state index contributed by atoms with van der Waals surface area (Å²) in [4.78, 5) is 13.7. The van der Waals surface area contributed by atoms with Gasteiger partial charge in [-0.05, 0) is 19.3 Å². The number of aliphatic hydroxyl groups excluding tert-OH is 1. The van der Waals surface area contributed by atoms with Gasteiger partial charge in [-0.15, -0.1) is 0 Å². The zero-order chi connectivity index (χ0) is 12.1. The van der Waals surface area contributed by atoms with Gasteiger partial charge in [-0.3, -0.25) is 0 Å². The van der Waals surface area contributed by atoms with Crippen LogP contribution in [0.4, 0.5) is 4.79 Å². The Balaban J connectivity index is 1.93. The molecule has 1 N–H and O–H groups in total. The highest BCUT2D eigenvalue weighted by atomic mass is 16.6. The van der Waals surface area contributed by atoms with Gasteiger partial charge in [-0.2, -0.15) is 0 Å². The summed E-state index contributed by atoms with van der Waals surface area (Å²) in [6.07, 6.45) is 7.83. The van der Waals surface area contributed by atoms with Gasteiger partial charge in [0.25, 0.3) is 0 Å². The molecule has 98 valence electrons. The van der Waals surface area contributed by atoms with Crippen LogP contribution in [0.1, 0.15) is 44.9 Å². The van der Waals surface area contributed by atoms with Crippen LogP contribution >= 0.6 is 0 Å². The van der Waals surface area contributed by atoms with E-state index in [1.165, 1.54) is 25.7 Å². The van der Waals surface area contributed by atoms with Gasteiger partial charge in [0.2, 0.25) is 0 Å². The SMILES string of the molecule is O=C1OCC(CCO)CN1C1CCCCCC1. The van der Waals surface area contributed by atoms with Crippen molar-refractivity contribution in [3.63, 3.8) is 0 Å². The Morgan fingerprint density at radius 1 is 1.24 bits per heavy atom. The fourth-order valence-electron chi connectivity index (χ4n) is 2.90. The van der Waals surface area contributed by atoms with Gasteiger partial charge < -0.3 is 14.7 Å². The van der Waals surface area contributed by atoms with E-state index in [1.54, 1.807) is 0 Å². The molecule has 0 radical (unpaired) electrons. The van der Waals surface area contributed by atoms with Crippen molar-refractivity contribution in [1.82, 2.24) is 4.90 Å². The Morgan fingerprint density at radius 3 is 2.59 bits per heavy atom. The largest absolute Gasteiger partial charge is 0.449 e. The monoisotopic (exact) mass is 241 g/mol. The van der Waals surface area contributed by atoms with Crippen molar-refractivity contribution in [3.05, 3.63) is 0 Å². The third-order valence-corrected chi connectivity index (χ3v) is 3.93. The second-order valence-electron chi connectivity index (χ2n) is 5.25. The van der Waals surface area contributed by atoms with Gasteiger partial charge in [0.05, 0.1) is 6.61 Å². The summed E-state index contributed by atoms with van der Waals surface area (Å²) < 4.78 is 5.23. The third-order valence-electron chi connectivity index (χ3n) is 3.93. The van der Waals surface area contributed by atoms with Crippen molar-refractivity contribution in [2.75, 3.05) is 19.8 Å². The first-order chi connectivity index (χ1) is 8.31. The summed E-state index contributed by atoms with van der Waals surface area (Å²) in [6.45, 7) is 1.42. The van der Waals surface area contributed by atoms with E-state index in [9.17, 15) is 4.79 Å². The van der Waals surface area contributed by atoms with Crippen LogP contribution in [0.5, 0.6) is 0 Å². The number of ether oxygens (including phenoxy) is 1. The Morgan fingerprint density at radius 2 is 1.94 bits per heavy atom. The number of carbonyl (C=O) groups excluding carboxylic acids is 1. The lowest BCUT2D eigenvalue weighted by Crippen LogP contribution is -2.48. The molecule has 2 aliphatic rings. The first kappa shape index (κ1) is 12.7. The molecule has 1 unspecified atom stereocenters. The highest BCUT2D eigenvalue weighted by Crippen LogP contribution is 2.26. The minimum absolute atomic E-state index is 0.147. The summed E-state index contributed by atoms with van der Waals surface area (Å²) in [6, 6.07) is 0.367. The van der Waals surface area contributed by atoms with E-state index in [2.05, 4.69) is 0 Å². The molecule has 1 atom stereocenters. The first-order valence-electron chi connectivity index (χ1n) is 6.85. The molecule has 0 aromatic rings. The Kier molecular flexibility index (Phi) is 4.66. The predicted octanol–water partition coefficient (Wildman–Crippen LogP) is 2.16. The molecule has 1 amide bonds. The zero-order valence-electron chi connectivity index (χ0n) is 10.4. The second kappa shape index (κ2) is 6.24. The highest BCUT2D eigenvalue weighted by molar-refractivity contribution is 5.68. The van der Waals surface area contributed by atoms with Crippen molar-refractivity contribution >= 4 is 6.09 Å². The van der Waals surface area contributed by atoms with E-state index in [4.69, 9.17) is 9.84 Å².